The van der Waals surface area contributed by atoms with Crippen LogP contribution in [0.5, 0.6) is 0 Å². The van der Waals surface area contributed by atoms with Crippen LogP contribution >= 0.6 is 0 Å². The Morgan fingerprint density at radius 1 is 0.733 bits per heavy atom. The Morgan fingerprint density at radius 3 is 1.40 bits per heavy atom. The van der Waals surface area contributed by atoms with Crippen LogP contribution in [0.2, 0.25) is 0 Å². The van der Waals surface area contributed by atoms with Crippen LogP contribution in [-0.4, -0.2) is 43.5 Å². The zero-order valence-corrected chi connectivity index (χ0v) is 10.6. The molecule has 2 rings (SSSR count). The van der Waals surface area contributed by atoms with Crippen LogP contribution in [-0.2, 0) is 21.6 Å². The van der Waals surface area contributed by atoms with Gasteiger partial charge < -0.3 is 5.32 Å². The van der Waals surface area contributed by atoms with E-state index in [0.29, 0.717) is 12.1 Å². The predicted octanol–water partition coefficient (Wildman–Crippen LogP) is 0.398. The Bertz CT molecular complexity index is 224. The monoisotopic (exact) mass is 249 g/mol. The van der Waals surface area contributed by atoms with Crippen molar-refractivity contribution in [2.45, 2.75) is 37.8 Å². The summed E-state index contributed by atoms with van der Waals surface area (Å²) in [5, 5.41) is 3.63. The van der Waals surface area contributed by atoms with Gasteiger partial charge in [-0.25, -0.2) is 0 Å². The lowest BCUT2D eigenvalue weighted by atomic mass is 10.1. The Kier molecular flexibility index (Phi) is 4.34. The lowest BCUT2D eigenvalue weighted by Gasteiger charge is -2.30. The molecule has 0 spiro atoms. The Hall–Kier alpha value is 0.260. The Balaban J connectivity index is 1.72. The highest BCUT2D eigenvalue weighted by Crippen LogP contribution is 2.14. The van der Waals surface area contributed by atoms with Crippen LogP contribution in [0.1, 0.15) is 25.7 Å². The first-order valence-corrected chi connectivity index (χ1v) is 8.67. The highest BCUT2D eigenvalue weighted by Gasteiger charge is 2.23. The molecule has 0 radical (unpaired) electrons. The second kappa shape index (κ2) is 5.55. The number of hydrogen-bond acceptors (Lipinski definition) is 3. The van der Waals surface area contributed by atoms with Crippen LogP contribution < -0.4 is 5.32 Å². The van der Waals surface area contributed by atoms with Crippen LogP contribution in [0.3, 0.4) is 0 Å². The molecular formula is C10H19NO2S2. The van der Waals surface area contributed by atoms with Crippen molar-refractivity contribution in [1.82, 2.24) is 5.32 Å². The van der Waals surface area contributed by atoms with Gasteiger partial charge in [0.2, 0.25) is 0 Å². The Morgan fingerprint density at radius 2 is 1.07 bits per heavy atom. The summed E-state index contributed by atoms with van der Waals surface area (Å²) in [5.41, 5.74) is 0. The smallest absolute Gasteiger partial charge is 0.0249 e. The van der Waals surface area contributed by atoms with E-state index in [-0.39, 0.29) is 0 Å². The van der Waals surface area contributed by atoms with E-state index in [1.807, 2.05) is 0 Å². The van der Waals surface area contributed by atoms with E-state index < -0.39 is 21.6 Å². The molecule has 15 heavy (non-hydrogen) atoms. The molecule has 1 N–H and O–H groups in total. The summed E-state index contributed by atoms with van der Waals surface area (Å²) in [6, 6.07) is 1.11. The zero-order chi connectivity index (χ0) is 10.7. The van der Waals surface area contributed by atoms with E-state index in [4.69, 9.17) is 0 Å². The van der Waals surface area contributed by atoms with E-state index >= 15 is 0 Å². The topological polar surface area (TPSA) is 46.2 Å². The maximum Gasteiger partial charge on any atom is 0.0249 e. The minimum absolute atomic E-state index is 0.555. The van der Waals surface area contributed by atoms with E-state index in [9.17, 15) is 8.42 Å². The third kappa shape index (κ3) is 3.64. The molecule has 2 aliphatic heterocycles. The molecule has 0 unspecified atom stereocenters. The fourth-order valence-corrected chi connectivity index (χ4v) is 4.85. The average Bonchev–Trinajstić information content (AvgIpc) is 2.25. The van der Waals surface area contributed by atoms with Gasteiger partial charge in [-0.15, -0.1) is 0 Å². The van der Waals surface area contributed by atoms with Crippen LogP contribution in [0.15, 0.2) is 0 Å². The van der Waals surface area contributed by atoms with E-state index in [2.05, 4.69) is 5.32 Å². The molecule has 3 nitrogen and oxygen atoms in total. The molecule has 0 saturated carbocycles. The Labute approximate surface area is 96.3 Å². The molecule has 2 saturated heterocycles. The lowest BCUT2D eigenvalue weighted by molar-refractivity contribution is 0.384. The second-order valence-corrected chi connectivity index (χ2v) is 7.80. The average molecular weight is 249 g/mol. The quantitative estimate of drug-likeness (QED) is 0.770. The van der Waals surface area contributed by atoms with E-state index in [1.165, 1.54) is 0 Å². The maximum absolute atomic E-state index is 11.2. The third-order valence-corrected chi connectivity index (χ3v) is 6.01. The molecule has 0 atom stereocenters. The summed E-state index contributed by atoms with van der Waals surface area (Å²) >= 11 is 0. The summed E-state index contributed by atoms with van der Waals surface area (Å²) in [7, 11) is -1.12. The minimum atomic E-state index is -0.562. The first-order valence-electron chi connectivity index (χ1n) is 5.70. The van der Waals surface area contributed by atoms with Gasteiger partial charge >= 0.3 is 0 Å². The molecule has 0 aromatic rings. The van der Waals surface area contributed by atoms with Crippen molar-refractivity contribution < 1.29 is 8.42 Å². The molecule has 5 heteroatoms. The molecule has 2 heterocycles. The van der Waals surface area contributed by atoms with Crippen molar-refractivity contribution >= 4 is 21.6 Å². The van der Waals surface area contributed by atoms with Gasteiger partial charge in [0.15, 0.2) is 0 Å². The number of rotatable bonds is 2. The van der Waals surface area contributed by atoms with Gasteiger partial charge in [-0.1, -0.05) is 0 Å². The van der Waals surface area contributed by atoms with Crippen molar-refractivity contribution in [2.24, 2.45) is 0 Å². The number of nitrogens with one attached hydrogen (secondary N) is 1. The standard InChI is InChI=1S/C10H19NO2S2/c12-14-5-1-9(2-6-14)11-10-3-7-15(13)8-4-10/h9-11H,1-8H2. The van der Waals surface area contributed by atoms with Crippen LogP contribution in [0.25, 0.3) is 0 Å². The summed E-state index contributed by atoms with van der Waals surface area (Å²) in [6.45, 7) is 0. The van der Waals surface area contributed by atoms with Crippen molar-refractivity contribution in [3.8, 4) is 0 Å². The zero-order valence-electron chi connectivity index (χ0n) is 8.94. The highest BCUT2D eigenvalue weighted by molar-refractivity contribution is 7.85. The SMILES string of the molecule is O=S1CCC(NC2CCS(=O)CC2)CC1. The molecule has 0 aromatic heterocycles. The predicted molar refractivity (Wildman–Crippen MR) is 64.9 cm³/mol. The maximum atomic E-state index is 11.2. The fourth-order valence-electron chi connectivity index (χ4n) is 2.25. The first kappa shape index (κ1) is 11.7. The van der Waals surface area contributed by atoms with Gasteiger partial charge in [0.1, 0.15) is 0 Å². The van der Waals surface area contributed by atoms with Gasteiger partial charge in [0, 0.05) is 56.7 Å². The first-order chi connectivity index (χ1) is 7.24. The summed E-state index contributed by atoms with van der Waals surface area (Å²) in [6.07, 6.45) is 4.19. The van der Waals surface area contributed by atoms with Crippen molar-refractivity contribution in [2.75, 3.05) is 23.0 Å². The molecule has 2 aliphatic rings. The minimum Gasteiger partial charge on any atom is -0.311 e. The van der Waals surface area contributed by atoms with E-state index in [0.717, 1.165) is 48.7 Å². The molecule has 0 aromatic carbocycles. The molecule has 0 bridgehead atoms. The summed E-state index contributed by atoms with van der Waals surface area (Å²) in [5.74, 6) is 3.43. The second-order valence-electron chi connectivity index (χ2n) is 4.41. The van der Waals surface area contributed by atoms with Gasteiger partial charge in [0.05, 0.1) is 0 Å². The van der Waals surface area contributed by atoms with Gasteiger partial charge in [-0.3, -0.25) is 8.42 Å². The van der Waals surface area contributed by atoms with Gasteiger partial charge in [-0.05, 0) is 25.7 Å². The molecular weight excluding hydrogens is 230 g/mol. The molecule has 0 amide bonds. The van der Waals surface area contributed by atoms with Gasteiger partial charge in [0.25, 0.3) is 0 Å². The van der Waals surface area contributed by atoms with Crippen molar-refractivity contribution in [1.29, 1.82) is 0 Å². The van der Waals surface area contributed by atoms with Gasteiger partial charge in [-0.2, -0.15) is 0 Å². The van der Waals surface area contributed by atoms with Crippen molar-refractivity contribution in [3.63, 3.8) is 0 Å². The summed E-state index contributed by atoms with van der Waals surface area (Å²) in [4.78, 5) is 0. The number of hydrogen-bond donors (Lipinski definition) is 1. The lowest BCUT2D eigenvalue weighted by Crippen LogP contribution is -2.44. The fraction of sp³-hybridized carbons (Fsp3) is 1.00. The molecule has 2 fully saturated rings. The highest BCUT2D eigenvalue weighted by atomic mass is 32.2. The normalized spacial score (nSPS) is 42.7. The van der Waals surface area contributed by atoms with Crippen molar-refractivity contribution in [3.05, 3.63) is 0 Å². The summed E-state index contributed by atoms with van der Waals surface area (Å²) < 4.78 is 22.4. The van der Waals surface area contributed by atoms with E-state index in [1.54, 1.807) is 0 Å². The largest absolute Gasteiger partial charge is 0.311 e. The van der Waals surface area contributed by atoms with Crippen LogP contribution in [0.4, 0.5) is 0 Å². The molecule has 0 aliphatic carbocycles. The van der Waals surface area contributed by atoms with Crippen LogP contribution in [0, 0.1) is 0 Å². The molecule has 88 valence electrons. The third-order valence-electron chi connectivity index (χ3n) is 3.25.